The number of nitrogens with one attached hydrogen (secondary N) is 2. The predicted molar refractivity (Wildman–Crippen MR) is 114 cm³/mol. The van der Waals surface area contributed by atoms with Gasteiger partial charge in [0.05, 0.1) is 17.2 Å². The van der Waals surface area contributed by atoms with Crippen LogP contribution in [-0.4, -0.2) is 15.0 Å². The summed E-state index contributed by atoms with van der Waals surface area (Å²) in [6, 6.07) is 10.9. The molecule has 0 saturated carbocycles. The molecule has 0 unspecified atom stereocenters. The highest BCUT2D eigenvalue weighted by Gasteiger charge is 2.34. The second-order valence-electron chi connectivity index (χ2n) is 6.78. The third-order valence-electron chi connectivity index (χ3n) is 4.62. The van der Waals surface area contributed by atoms with E-state index in [2.05, 4.69) is 25.6 Å². The molecule has 0 amide bonds. The van der Waals surface area contributed by atoms with E-state index in [1.807, 2.05) is 32.0 Å². The van der Waals surface area contributed by atoms with Crippen molar-refractivity contribution in [1.29, 1.82) is 5.26 Å². The number of fused-ring (bicyclic) bond motifs is 1. The number of aromatic nitrogens is 3. The van der Waals surface area contributed by atoms with E-state index in [-0.39, 0.29) is 11.5 Å². The van der Waals surface area contributed by atoms with Crippen molar-refractivity contribution in [2.45, 2.75) is 20.0 Å². The quantitative estimate of drug-likeness (QED) is 0.400. The molecule has 6 nitrogen and oxygen atoms in total. The lowest BCUT2D eigenvalue weighted by Gasteiger charge is -2.12. The molecule has 0 radical (unpaired) electrons. The van der Waals surface area contributed by atoms with Gasteiger partial charge in [0.1, 0.15) is 11.8 Å². The molecule has 0 saturated heterocycles. The lowest BCUT2D eigenvalue weighted by molar-refractivity contribution is -0.137. The van der Waals surface area contributed by atoms with E-state index in [9.17, 15) is 13.2 Å². The van der Waals surface area contributed by atoms with E-state index in [0.717, 1.165) is 28.9 Å². The zero-order valence-corrected chi connectivity index (χ0v) is 17.2. The van der Waals surface area contributed by atoms with Crippen LogP contribution in [0.15, 0.2) is 42.7 Å². The van der Waals surface area contributed by atoms with E-state index in [0.29, 0.717) is 15.5 Å². The van der Waals surface area contributed by atoms with Crippen molar-refractivity contribution >= 4 is 44.0 Å². The lowest BCUT2D eigenvalue weighted by atomic mass is 10.1. The number of rotatable bonds is 4. The minimum atomic E-state index is -4.65. The van der Waals surface area contributed by atoms with Gasteiger partial charge < -0.3 is 10.6 Å². The van der Waals surface area contributed by atoms with Gasteiger partial charge in [-0.05, 0) is 43.2 Å². The zero-order chi connectivity index (χ0) is 22.2. The fourth-order valence-corrected chi connectivity index (χ4v) is 3.92. The smallest absolute Gasteiger partial charge is 0.338 e. The molecule has 0 aliphatic heterocycles. The maximum Gasteiger partial charge on any atom is 0.417 e. The molecule has 2 aromatic heterocycles. The summed E-state index contributed by atoms with van der Waals surface area (Å²) in [5, 5.41) is 15.7. The first-order valence-electron chi connectivity index (χ1n) is 9.09. The van der Waals surface area contributed by atoms with Crippen LogP contribution in [0.3, 0.4) is 0 Å². The number of aryl methyl sites for hydroxylation is 2. The van der Waals surface area contributed by atoms with Crippen LogP contribution < -0.4 is 10.6 Å². The van der Waals surface area contributed by atoms with Crippen molar-refractivity contribution in [2.75, 3.05) is 10.6 Å². The predicted octanol–water partition coefficient (Wildman–Crippen LogP) is 6.08. The Hall–Kier alpha value is -3.71. The SMILES string of the molecule is Cc1cccc(C)c1Nc1nc2c(Nc3ccc(C#N)c(C(F)(F)F)c3)ncnc2s1. The zero-order valence-electron chi connectivity index (χ0n) is 16.4. The van der Waals surface area contributed by atoms with Gasteiger partial charge in [-0.2, -0.15) is 18.4 Å². The molecule has 2 aromatic carbocycles. The summed E-state index contributed by atoms with van der Waals surface area (Å²) in [6.07, 6.45) is -3.33. The van der Waals surface area contributed by atoms with E-state index in [1.54, 1.807) is 6.07 Å². The fourth-order valence-electron chi connectivity index (χ4n) is 3.11. The molecule has 4 rings (SSSR count). The van der Waals surface area contributed by atoms with Crippen molar-refractivity contribution in [3.63, 3.8) is 0 Å². The first kappa shape index (κ1) is 20.6. The molecule has 0 bridgehead atoms. The molecule has 0 aliphatic rings. The molecule has 0 fully saturated rings. The topological polar surface area (TPSA) is 86.5 Å². The second-order valence-corrected chi connectivity index (χ2v) is 7.76. The maximum absolute atomic E-state index is 13.3. The summed E-state index contributed by atoms with van der Waals surface area (Å²) in [5.41, 5.74) is 2.16. The monoisotopic (exact) mass is 440 g/mol. The van der Waals surface area contributed by atoms with Crippen molar-refractivity contribution in [3.05, 3.63) is 65.0 Å². The Morgan fingerprint density at radius 2 is 1.77 bits per heavy atom. The van der Waals surface area contributed by atoms with Crippen LogP contribution in [0.2, 0.25) is 0 Å². The molecule has 2 heterocycles. The highest BCUT2D eigenvalue weighted by Crippen LogP contribution is 2.36. The van der Waals surface area contributed by atoms with Crippen molar-refractivity contribution in [1.82, 2.24) is 15.0 Å². The standard InChI is InChI=1S/C21H15F3N6S/c1-11-4-3-5-12(2)16(11)29-20-30-17-18(26-10-27-19(17)31-20)28-14-7-6-13(9-25)15(8-14)21(22,23)24/h3-8,10H,1-2H3,(H,29,30)(H,26,27,28). The molecule has 0 spiro atoms. The van der Waals surface area contributed by atoms with Crippen LogP contribution in [0.25, 0.3) is 10.3 Å². The Labute approximate surface area is 179 Å². The average Bonchev–Trinajstić information content (AvgIpc) is 3.14. The van der Waals surface area contributed by atoms with Gasteiger partial charge >= 0.3 is 6.18 Å². The summed E-state index contributed by atoms with van der Waals surface area (Å²) in [7, 11) is 0. The molecule has 2 N–H and O–H groups in total. The Balaban J connectivity index is 1.69. The van der Waals surface area contributed by atoms with Crippen LogP contribution in [0, 0.1) is 25.2 Å². The number of thiazole rings is 1. The summed E-state index contributed by atoms with van der Waals surface area (Å²) in [5.74, 6) is 0.272. The van der Waals surface area contributed by atoms with Crippen LogP contribution in [0.4, 0.5) is 35.5 Å². The van der Waals surface area contributed by atoms with E-state index >= 15 is 0 Å². The van der Waals surface area contributed by atoms with Gasteiger partial charge in [0.15, 0.2) is 15.8 Å². The molecular formula is C21H15F3N6S. The van der Waals surface area contributed by atoms with Gasteiger partial charge in [-0.3, -0.25) is 0 Å². The Morgan fingerprint density at radius 1 is 1.03 bits per heavy atom. The van der Waals surface area contributed by atoms with Gasteiger partial charge in [-0.25, -0.2) is 15.0 Å². The first-order chi connectivity index (χ1) is 14.8. The highest BCUT2D eigenvalue weighted by atomic mass is 32.1. The number of anilines is 4. The van der Waals surface area contributed by atoms with E-state index < -0.39 is 17.3 Å². The number of nitriles is 1. The Morgan fingerprint density at radius 3 is 2.45 bits per heavy atom. The van der Waals surface area contributed by atoms with Crippen LogP contribution >= 0.6 is 11.3 Å². The van der Waals surface area contributed by atoms with Gasteiger partial charge in [0.2, 0.25) is 0 Å². The van der Waals surface area contributed by atoms with Crippen LogP contribution in [-0.2, 0) is 6.18 Å². The third-order valence-corrected chi connectivity index (χ3v) is 5.50. The van der Waals surface area contributed by atoms with E-state index in [4.69, 9.17) is 5.26 Å². The summed E-state index contributed by atoms with van der Waals surface area (Å²) >= 11 is 1.31. The van der Waals surface area contributed by atoms with E-state index in [1.165, 1.54) is 23.7 Å². The summed E-state index contributed by atoms with van der Waals surface area (Å²) in [6.45, 7) is 3.97. The second kappa shape index (κ2) is 7.85. The minimum Gasteiger partial charge on any atom is -0.338 e. The van der Waals surface area contributed by atoms with Crippen molar-refractivity contribution < 1.29 is 13.2 Å². The van der Waals surface area contributed by atoms with Crippen LogP contribution in [0.5, 0.6) is 0 Å². The Kier molecular flexibility index (Phi) is 5.20. The molecular weight excluding hydrogens is 425 g/mol. The summed E-state index contributed by atoms with van der Waals surface area (Å²) in [4.78, 5) is 13.5. The minimum absolute atomic E-state index is 0.142. The molecule has 156 valence electrons. The molecule has 0 atom stereocenters. The lowest BCUT2D eigenvalue weighted by Crippen LogP contribution is -2.08. The van der Waals surface area contributed by atoms with Gasteiger partial charge in [-0.15, -0.1) is 0 Å². The number of nitrogens with zero attached hydrogens (tertiary/aromatic N) is 4. The first-order valence-corrected chi connectivity index (χ1v) is 9.91. The van der Waals surface area contributed by atoms with Gasteiger partial charge in [0.25, 0.3) is 0 Å². The van der Waals surface area contributed by atoms with Crippen LogP contribution in [0.1, 0.15) is 22.3 Å². The van der Waals surface area contributed by atoms with Crippen molar-refractivity contribution in [2.24, 2.45) is 0 Å². The number of para-hydroxylation sites is 1. The number of hydrogen-bond acceptors (Lipinski definition) is 7. The summed E-state index contributed by atoms with van der Waals surface area (Å²) < 4.78 is 39.8. The highest BCUT2D eigenvalue weighted by molar-refractivity contribution is 7.21. The molecule has 0 aliphatic carbocycles. The average molecular weight is 440 g/mol. The number of alkyl halides is 3. The molecule has 31 heavy (non-hydrogen) atoms. The van der Waals surface area contributed by atoms with Gasteiger partial charge in [-0.1, -0.05) is 29.5 Å². The number of halogens is 3. The fraction of sp³-hybridized carbons (Fsp3) is 0.143. The maximum atomic E-state index is 13.3. The van der Waals surface area contributed by atoms with Crippen molar-refractivity contribution in [3.8, 4) is 6.07 Å². The number of hydrogen-bond donors (Lipinski definition) is 2. The molecule has 10 heteroatoms. The van der Waals surface area contributed by atoms with Gasteiger partial charge in [0, 0.05) is 11.4 Å². The Bertz CT molecular complexity index is 1300. The largest absolute Gasteiger partial charge is 0.417 e. The molecule has 4 aromatic rings. The normalized spacial score (nSPS) is 11.4. The number of benzene rings is 2. The third kappa shape index (κ3) is 4.13.